The molecule has 0 radical (unpaired) electrons. The molecule has 0 N–H and O–H groups in total. The van der Waals surface area contributed by atoms with E-state index in [0.29, 0.717) is 58.9 Å². The predicted molar refractivity (Wildman–Crippen MR) is 92.8 cm³/mol. The van der Waals surface area contributed by atoms with Crippen molar-refractivity contribution in [2.75, 3.05) is 52.5 Å². The fourth-order valence-electron chi connectivity index (χ4n) is 3.15. The van der Waals surface area contributed by atoms with Crippen LogP contribution in [-0.4, -0.2) is 80.3 Å². The first-order valence-corrected chi connectivity index (χ1v) is 10.6. The number of nitrogens with zero attached hydrogens (tertiary/aromatic N) is 3. The monoisotopic (exact) mass is 361 g/mol. The number of piperazine rings is 1. The Morgan fingerprint density at radius 2 is 1.46 bits per heavy atom. The van der Waals surface area contributed by atoms with Gasteiger partial charge in [-0.15, -0.1) is 0 Å². The van der Waals surface area contributed by atoms with E-state index in [1.54, 1.807) is 0 Å². The summed E-state index contributed by atoms with van der Waals surface area (Å²) < 4.78 is 33.4. The summed E-state index contributed by atoms with van der Waals surface area (Å²) in [5.74, 6) is 0.162. The first-order chi connectivity index (χ1) is 11.6. The van der Waals surface area contributed by atoms with Crippen LogP contribution in [0.2, 0.25) is 0 Å². The summed E-state index contributed by atoms with van der Waals surface area (Å²) in [4.78, 5) is 14.0. The van der Waals surface area contributed by atoms with E-state index in [0.717, 1.165) is 12.8 Å². The van der Waals surface area contributed by atoms with Crippen LogP contribution in [0.25, 0.3) is 0 Å². The first kappa shape index (κ1) is 19.6. The summed E-state index contributed by atoms with van der Waals surface area (Å²) in [6, 6.07) is 0. The van der Waals surface area contributed by atoms with Crippen LogP contribution in [0.5, 0.6) is 0 Å². The van der Waals surface area contributed by atoms with E-state index < -0.39 is 10.2 Å². The second kappa shape index (κ2) is 9.70. The Balaban J connectivity index is 1.73. The molecule has 2 saturated heterocycles. The van der Waals surface area contributed by atoms with E-state index >= 15 is 0 Å². The molecule has 1 amide bonds. The van der Waals surface area contributed by atoms with E-state index in [1.807, 2.05) is 4.90 Å². The van der Waals surface area contributed by atoms with E-state index in [1.165, 1.54) is 27.9 Å². The molecule has 2 heterocycles. The minimum absolute atomic E-state index is 0.162. The van der Waals surface area contributed by atoms with Crippen molar-refractivity contribution in [3.8, 4) is 0 Å². The van der Waals surface area contributed by atoms with E-state index in [4.69, 9.17) is 4.74 Å². The summed E-state index contributed by atoms with van der Waals surface area (Å²) in [5.41, 5.74) is 0. The molecule has 2 rings (SSSR count). The number of amides is 1. The molecule has 0 bridgehead atoms. The molecule has 0 unspecified atom stereocenters. The number of unbranched alkanes of at least 4 members (excludes halogenated alkanes) is 4. The van der Waals surface area contributed by atoms with Gasteiger partial charge in [0.25, 0.3) is 10.2 Å². The van der Waals surface area contributed by atoms with Crippen molar-refractivity contribution in [2.45, 2.75) is 45.4 Å². The molecule has 0 spiro atoms. The van der Waals surface area contributed by atoms with E-state index in [2.05, 4.69) is 6.92 Å². The summed E-state index contributed by atoms with van der Waals surface area (Å²) in [6.07, 6.45) is 6.24. The molecule has 8 heteroatoms. The number of morpholine rings is 1. The molecule has 2 aliphatic heterocycles. The lowest BCUT2D eigenvalue weighted by atomic mass is 10.1. The SMILES string of the molecule is CCCCCCCC(=O)N1CCN(S(=O)(=O)N2CCOCC2)CC1. The zero-order chi connectivity index (χ0) is 17.4. The average Bonchev–Trinajstić information content (AvgIpc) is 2.62. The summed E-state index contributed by atoms with van der Waals surface area (Å²) in [5, 5.41) is 0. The second-order valence-corrected chi connectivity index (χ2v) is 8.39. The topological polar surface area (TPSA) is 70.2 Å². The van der Waals surface area contributed by atoms with Gasteiger partial charge in [0, 0.05) is 45.7 Å². The fourth-order valence-corrected chi connectivity index (χ4v) is 4.71. The zero-order valence-corrected chi connectivity index (χ0v) is 15.6. The molecule has 24 heavy (non-hydrogen) atoms. The van der Waals surface area contributed by atoms with Gasteiger partial charge in [0.05, 0.1) is 13.2 Å². The molecule has 2 fully saturated rings. The molecule has 140 valence electrons. The van der Waals surface area contributed by atoms with Crippen LogP contribution in [0.15, 0.2) is 0 Å². The van der Waals surface area contributed by atoms with Crippen LogP contribution < -0.4 is 0 Å². The van der Waals surface area contributed by atoms with E-state index in [-0.39, 0.29) is 5.91 Å². The first-order valence-electron chi connectivity index (χ1n) is 9.16. The maximum absolute atomic E-state index is 12.6. The number of hydrogen-bond donors (Lipinski definition) is 0. The van der Waals surface area contributed by atoms with Crippen molar-refractivity contribution in [3.63, 3.8) is 0 Å². The highest BCUT2D eigenvalue weighted by atomic mass is 32.2. The van der Waals surface area contributed by atoms with Gasteiger partial charge in [-0.1, -0.05) is 32.6 Å². The van der Waals surface area contributed by atoms with Crippen LogP contribution in [0.1, 0.15) is 45.4 Å². The molecule has 2 aliphatic rings. The Kier molecular flexibility index (Phi) is 7.93. The van der Waals surface area contributed by atoms with Crippen LogP contribution in [0, 0.1) is 0 Å². The number of carbonyl (C=O) groups is 1. The van der Waals surface area contributed by atoms with Crippen molar-refractivity contribution in [1.29, 1.82) is 0 Å². The largest absolute Gasteiger partial charge is 0.379 e. The van der Waals surface area contributed by atoms with Gasteiger partial charge >= 0.3 is 0 Å². The molecule has 0 aromatic carbocycles. The molecule has 0 aromatic rings. The maximum Gasteiger partial charge on any atom is 0.282 e. The van der Waals surface area contributed by atoms with E-state index in [9.17, 15) is 13.2 Å². The van der Waals surface area contributed by atoms with Gasteiger partial charge in [-0.05, 0) is 6.42 Å². The predicted octanol–water partition coefficient (Wildman–Crippen LogP) is 1.07. The minimum atomic E-state index is -3.41. The smallest absolute Gasteiger partial charge is 0.282 e. The standard InChI is InChI=1S/C16H31N3O4S/c1-2-3-4-5-6-7-16(20)17-8-10-18(11-9-17)24(21,22)19-12-14-23-15-13-19/h2-15H2,1H3. The number of rotatable bonds is 8. The van der Waals surface area contributed by atoms with Crippen molar-refractivity contribution >= 4 is 16.1 Å². The highest BCUT2D eigenvalue weighted by Gasteiger charge is 2.33. The number of carbonyl (C=O) groups excluding carboxylic acids is 1. The van der Waals surface area contributed by atoms with Gasteiger partial charge in [0.1, 0.15) is 0 Å². The third kappa shape index (κ3) is 5.40. The van der Waals surface area contributed by atoms with Crippen molar-refractivity contribution in [3.05, 3.63) is 0 Å². The summed E-state index contributed by atoms with van der Waals surface area (Å²) in [6.45, 7) is 5.69. The van der Waals surface area contributed by atoms with Gasteiger partial charge in [-0.3, -0.25) is 4.79 Å². The minimum Gasteiger partial charge on any atom is -0.379 e. The fraction of sp³-hybridized carbons (Fsp3) is 0.938. The van der Waals surface area contributed by atoms with Gasteiger partial charge in [0.2, 0.25) is 5.91 Å². The molecular weight excluding hydrogens is 330 g/mol. The number of ether oxygens (including phenoxy) is 1. The van der Waals surface area contributed by atoms with Gasteiger partial charge < -0.3 is 9.64 Å². The molecule has 0 aromatic heterocycles. The lowest BCUT2D eigenvalue weighted by Gasteiger charge is -2.37. The van der Waals surface area contributed by atoms with Crippen LogP contribution in [0.3, 0.4) is 0 Å². The average molecular weight is 362 g/mol. The quantitative estimate of drug-likeness (QED) is 0.606. The van der Waals surface area contributed by atoms with Crippen LogP contribution >= 0.6 is 0 Å². The lowest BCUT2D eigenvalue weighted by molar-refractivity contribution is -0.132. The van der Waals surface area contributed by atoms with Gasteiger partial charge in [0.15, 0.2) is 0 Å². The Hall–Kier alpha value is -0.700. The normalized spacial score (nSPS) is 21.1. The Bertz CT molecular complexity index is 484. The van der Waals surface area contributed by atoms with Gasteiger partial charge in [-0.2, -0.15) is 17.0 Å². The van der Waals surface area contributed by atoms with Crippen molar-refractivity contribution < 1.29 is 17.9 Å². The highest BCUT2D eigenvalue weighted by Crippen LogP contribution is 2.15. The van der Waals surface area contributed by atoms with Crippen molar-refractivity contribution in [2.24, 2.45) is 0 Å². The third-order valence-corrected chi connectivity index (χ3v) is 6.74. The molecular formula is C16H31N3O4S. The zero-order valence-electron chi connectivity index (χ0n) is 14.8. The molecule has 7 nitrogen and oxygen atoms in total. The summed E-state index contributed by atoms with van der Waals surface area (Å²) >= 11 is 0. The molecule has 0 aliphatic carbocycles. The Morgan fingerprint density at radius 3 is 2.08 bits per heavy atom. The lowest BCUT2D eigenvalue weighted by Crippen LogP contribution is -2.55. The second-order valence-electron chi connectivity index (χ2n) is 6.46. The maximum atomic E-state index is 12.6. The number of hydrogen-bond acceptors (Lipinski definition) is 4. The molecule has 0 saturated carbocycles. The van der Waals surface area contributed by atoms with Crippen molar-refractivity contribution in [1.82, 2.24) is 13.5 Å². The van der Waals surface area contributed by atoms with Crippen LogP contribution in [0.4, 0.5) is 0 Å². The molecule has 0 atom stereocenters. The third-order valence-electron chi connectivity index (χ3n) is 4.71. The van der Waals surface area contributed by atoms with Crippen LogP contribution in [-0.2, 0) is 19.7 Å². The Morgan fingerprint density at radius 1 is 0.875 bits per heavy atom. The Labute approximate surface area is 146 Å². The highest BCUT2D eigenvalue weighted by molar-refractivity contribution is 7.86. The summed E-state index contributed by atoms with van der Waals surface area (Å²) in [7, 11) is -3.41. The van der Waals surface area contributed by atoms with Gasteiger partial charge in [-0.25, -0.2) is 0 Å².